The van der Waals surface area contributed by atoms with Gasteiger partial charge in [-0.15, -0.1) is 0 Å². The zero-order chi connectivity index (χ0) is 16.8. The van der Waals surface area contributed by atoms with Crippen LogP contribution in [0.25, 0.3) is 0 Å². The summed E-state index contributed by atoms with van der Waals surface area (Å²) in [5, 5.41) is 3.07. The van der Waals surface area contributed by atoms with Crippen LogP contribution < -0.4 is 10.1 Å². The smallest absolute Gasteiger partial charge is 0.261 e. The van der Waals surface area contributed by atoms with Crippen LogP contribution in [-0.2, 0) is 4.79 Å². The molecule has 0 bridgehead atoms. The van der Waals surface area contributed by atoms with Crippen LogP contribution in [-0.4, -0.2) is 12.0 Å². The number of hydrogen-bond donors (Lipinski definition) is 1. The van der Waals surface area contributed by atoms with Crippen molar-refractivity contribution in [3.05, 3.63) is 65.2 Å². The first-order valence-corrected chi connectivity index (χ1v) is 8.10. The molecule has 2 aromatic carbocycles. The summed E-state index contributed by atoms with van der Waals surface area (Å²) in [5.74, 6) is 0.669. The molecule has 0 saturated carbocycles. The van der Waals surface area contributed by atoms with Crippen LogP contribution in [0, 0.1) is 13.8 Å². The molecule has 1 amide bonds. The molecule has 0 fully saturated rings. The van der Waals surface area contributed by atoms with Crippen LogP contribution in [0.3, 0.4) is 0 Å². The Bertz CT molecular complexity index is 652. The van der Waals surface area contributed by atoms with Gasteiger partial charge >= 0.3 is 0 Å². The van der Waals surface area contributed by atoms with Gasteiger partial charge in [-0.25, -0.2) is 0 Å². The molecule has 23 heavy (non-hydrogen) atoms. The van der Waals surface area contributed by atoms with Gasteiger partial charge in [0.15, 0.2) is 6.10 Å². The molecule has 0 radical (unpaired) electrons. The molecule has 0 unspecified atom stereocenters. The molecule has 0 aromatic heterocycles. The minimum absolute atomic E-state index is 0.00774. The fourth-order valence-electron chi connectivity index (χ4n) is 2.47. The van der Waals surface area contributed by atoms with Gasteiger partial charge < -0.3 is 10.1 Å². The first-order valence-electron chi connectivity index (χ1n) is 8.10. The van der Waals surface area contributed by atoms with Crippen molar-refractivity contribution in [3.63, 3.8) is 0 Å². The highest BCUT2D eigenvalue weighted by Gasteiger charge is 2.19. The van der Waals surface area contributed by atoms with Gasteiger partial charge in [0, 0.05) is 0 Å². The van der Waals surface area contributed by atoms with Crippen LogP contribution in [0.15, 0.2) is 48.5 Å². The summed E-state index contributed by atoms with van der Waals surface area (Å²) in [7, 11) is 0. The summed E-state index contributed by atoms with van der Waals surface area (Å²) >= 11 is 0. The molecule has 1 N–H and O–H groups in total. The quantitative estimate of drug-likeness (QED) is 0.862. The highest BCUT2D eigenvalue weighted by Crippen LogP contribution is 2.21. The molecule has 0 aliphatic carbocycles. The number of ether oxygens (including phenoxy) is 1. The molecule has 0 saturated heterocycles. The van der Waals surface area contributed by atoms with Gasteiger partial charge in [-0.3, -0.25) is 4.79 Å². The van der Waals surface area contributed by atoms with Crippen molar-refractivity contribution < 1.29 is 9.53 Å². The maximum Gasteiger partial charge on any atom is 0.261 e. The zero-order valence-electron chi connectivity index (χ0n) is 14.3. The standard InChI is InChI=1S/C20H25NO2/c1-5-18(17-9-7-6-8-10-17)21-20(22)16(4)23-19-13-14(2)11-12-15(19)3/h6-13,16,18H,5H2,1-4H3,(H,21,22)/t16-,18+/m0/s1. The highest BCUT2D eigenvalue weighted by molar-refractivity contribution is 5.81. The predicted octanol–water partition coefficient (Wildman–Crippen LogP) is 4.34. The van der Waals surface area contributed by atoms with Gasteiger partial charge in [-0.05, 0) is 49.9 Å². The molecule has 122 valence electrons. The number of amides is 1. The Labute approximate surface area is 138 Å². The number of carbonyl (C=O) groups is 1. The largest absolute Gasteiger partial charge is 0.481 e. The molecule has 0 spiro atoms. The Morgan fingerprint density at radius 2 is 1.83 bits per heavy atom. The second-order valence-corrected chi connectivity index (χ2v) is 5.91. The topological polar surface area (TPSA) is 38.3 Å². The minimum atomic E-state index is -0.534. The second-order valence-electron chi connectivity index (χ2n) is 5.91. The van der Waals surface area contributed by atoms with Crippen molar-refractivity contribution in [1.29, 1.82) is 0 Å². The average molecular weight is 311 g/mol. The second kappa shape index (κ2) is 7.82. The van der Waals surface area contributed by atoms with Crippen LogP contribution in [0.1, 0.15) is 43.0 Å². The number of benzene rings is 2. The number of aryl methyl sites for hydroxylation is 2. The fourth-order valence-corrected chi connectivity index (χ4v) is 2.47. The lowest BCUT2D eigenvalue weighted by atomic mass is 10.0. The lowest BCUT2D eigenvalue weighted by molar-refractivity contribution is -0.128. The monoisotopic (exact) mass is 311 g/mol. The van der Waals surface area contributed by atoms with Crippen LogP contribution in [0.2, 0.25) is 0 Å². The SMILES string of the molecule is CC[C@@H](NC(=O)[C@H](C)Oc1cc(C)ccc1C)c1ccccc1. The zero-order valence-corrected chi connectivity index (χ0v) is 14.3. The van der Waals surface area contributed by atoms with E-state index in [1.807, 2.05) is 62.4 Å². The first kappa shape index (κ1) is 17.1. The average Bonchev–Trinajstić information content (AvgIpc) is 2.56. The molecule has 3 nitrogen and oxygen atoms in total. The van der Waals surface area contributed by atoms with Crippen molar-refractivity contribution in [2.24, 2.45) is 0 Å². The number of carbonyl (C=O) groups excluding carboxylic acids is 1. The molecular formula is C20H25NO2. The Morgan fingerprint density at radius 3 is 2.48 bits per heavy atom. The maximum atomic E-state index is 12.5. The van der Waals surface area contributed by atoms with Gasteiger partial charge in [-0.1, -0.05) is 49.4 Å². The molecule has 2 rings (SSSR count). The Kier molecular flexibility index (Phi) is 5.80. The molecule has 0 aliphatic heterocycles. The third-order valence-corrected chi connectivity index (χ3v) is 3.94. The van der Waals surface area contributed by atoms with E-state index in [1.165, 1.54) is 0 Å². The van der Waals surface area contributed by atoms with Crippen LogP contribution in [0.4, 0.5) is 0 Å². The van der Waals surface area contributed by atoms with Crippen molar-refractivity contribution in [1.82, 2.24) is 5.32 Å². The van der Waals surface area contributed by atoms with Gasteiger partial charge in [0.2, 0.25) is 0 Å². The maximum absolute atomic E-state index is 12.5. The van der Waals surface area contributed by atoms with Crippen molar-refractivity contribution >= 4 is 5.91 Å². The van der Waals surface area contributed by atoms with Gasteiger partial charge in [0.1, 0.15) is 5.75 Å². The van der Waals surface area contributed by atoms with E-state index in [0.717, 1.165) is 28.9 Å². The summed E-state index contributed by atoms with van der Waals surface area (Å²) in [4.78, 5) is 12.5. The lowest BCUT2D eigenvalue weighted by Gasteiger charge is -2.21. The van der Waals surface area contributed by atoms with Gasteiger partial charge in [0.25, 0.3) is 5.91 Å². The van der Waals surface area contributed by atoms with Crippen LogP contribution >= 0.6 is 0 Å². The number of nitrogens with one attached hydrogen (secondary N) is 1. The molecule has 2 aromatic rings. The first-order chi connectivity index (χ1) is 11.0. The lowest BCUT2D eigenvalue weighted by Crippen LogP contribution is -2.38. The van der Waals surface area contributed by atoms with E-state index in [4.69, 9.17) is 4.74 Å². The minimum Gasteiger partial charge on any atom is -0.481 e. The van der Waals surface area contributed by atoms with E-state index in [-0.39, 0.29) is 11.9 Å². The van der Waals surface area contributed by atoms with E-state index in [0.29, 0.717) is 0 Å². The van der Waals surface area contributed by atoms with E-state index >= 15 is 0 Å². The molecule has 2 atom stereocenters. The Morgan fingerprint density at radius 1 is 1.13 bits per heavy atom. The highest BCUT2D eigenvalue weighted by atomic mass is 16.5. The summed E-state index contributed by atoms with van der Waals surface area (Å²) in [6.45, 7) is 7.85. The summed E-state index contributed by atoms with van der Waals surface area (Å²) < 4.78 is 5.86. The molecule has 0 heterocycles. The summed E-state index contributed by atoms with van der Waals surface area (Å²) in [6.07, 6.45) is 0.305. The van der Waals surface area contributed by atoms with Crippen molar-refractivity contribution in [2.45, 2.75) is 46.3 Å². The van der Waals surface area contributed by atoms with E-state index in [1.54, 1.807) is 6.92 Å². The molecule has 0 aliphatic rings. The number of hydrogen-bond acceptors (Lipinski definition) is 2. The van der Waals surface area contributed by atoms with Crippen molar-refractivity contribution in [2.75, 3.05) is 0 Å². The fraction of sp³-hybridized carbons (Fsp3) is 0.350. The molecular weight excluding hydrogens is 286 g/mol. The van der Waals surface area contributed by atoms with Crippen LogP contribution in [0.5, 0.6) is 5.75 Å². The third-order valence-electron chi connectivity index (χ3n) is 3.94. The summed E-state index contributed by atoms with van der Waals surface area (Å²) in [6, 6.07) is 16.0. The Hall–Kier alpha value is -2.29. The van der Waals surface area contributed by atoms with E-state index in [2.05, 4.69) is 12.2 Å². The van der Waals surface area contributed by atoms with Crippen molar-refractivity contribution in [3.8, 4) is 5.75 Å². The predicted molar refractivity (Wildman–Crippen MR) is 93.6 cm³/mol. The van der Waals surface area contributed by atoms with Gasteiger partial charge in [0.05, 0.1) is 6.04 Å². The van der Waals surface area contributed by atoms with Gasteiger partial charge in [-0.2, -0.15) is 0 Å². The van der Waals surface area contributed by atoms with E-state index in [9.17, 15) is 4.79 Å². The summed E-state index contributed by atoms with van der Waals surface area (Å²) in [5.41, 5.74) is 3.27. The number of rotatable bonds is 6. The normalized spacial score (nSPS) is 13.2. The molecule has 3 heteroatoms. The van der Waals surface area contributed by atoms with E-state index < -0.39 is 6.10 Å². The Balaban J connectivity index is 2.03. The third kappa shape index (κ3) is 4.59.